The quantitative estimate of drug-likeness (QED) is 0.787. The van der Waals surface area contributed by atoms with Crippen molar-refractivity contribution in [3.05, 3.63) is 29.8 Å². The van der Waals surface area contributed by atoms with Crippen LogP contribution in [0.25, 0.3) is 0 Å². The molecule has 0 amide bonds. The number of benzene rings is 1. The molecule has 0 aliphatic carbocycles. The van der Waals surface area contributed by atoms with Crippen molar-refractivity contribution in [1.82, 2.24) is 5.32 Å². The van der Waals surface area contributed by atoms with Gasteiger partial charge in [-0.2, -0.15) is 0 Å². The van der Waals surface area contributed by atoms with Crippen LogP contribution in [-0.4, -0.2) is 26.2 Å². The summed E-state index contributed by atoms with van der Waals surface area (Å²) in [5.41, 5.74) is 8.47. The fraction of sp³-hybridized carbons (Fsp3) is 0.538. The third-order valence-corrected chi connectivity index (χ3v) is 3.06. The summed E-state index contributed by atoms with van der Waals surface area (Å²) in [6.45, 7) is 8.36. The van der Waals surface area contributed by atoms with Crippen LogP contribution in [0.1, 0.15) is 19.4 Å². The Hall–Kier alpha value is -1.06. The van der Waals surface area contributed by atoms with E-state index in [-0.39, 0.29) is 5.54 Å². The molecule has 1 aromatic rings. The number of rotatable bonds is 2. The number of hydrogen-bond donors (Lipinski definition) is 2. The molecule has 0 bridgehead atoms. The van der Waals surface area contributed by atoms with Crippen molar-refractivity contribution in [1.29, 1.82) is 0 Å². The van der Waals surface area contributed by atoms with Crippen LogP contribution in [0, 0.1) is 0 Å². The number of anilines is 1. The van der Waals surface area contributed by atoms with Crippen LogP contribution in [0.2, 0.25) is 0 Å². The second-order valence-corrected chi connectivity index (χ2v) is 4.98. The molecule has 3 nitrogen and oxygen atoms in total. The summed E-state index contributed by atoms with van der Waals surface area (Å²) in [5, 5.41) is 3.37. The lowest BCUT2D eigenvalue weighted by Gasteiger charge is -2.34. The number of piperazine rings is 1. The first-order chi connectivity index (χ1) is 7.59. The minimum atomic E-state index is -0.276. The summed E-state index contributed by atoms with van der Waals surface area (Å²) >= 11 is 0. The molecule has 1 saturated heterocycles. The van der Waals surface area contributed by atoms with Crippen molar-refractivity contribution in [3.63, 3.8) is 0 Å². The minimum Gasteiger partial charge on any atom is -0.369 e. The molecule has 0 spiro atoms. The zero-order valence-electron chi connectivity index (χ0n) is 10.2. The van der Waals surface area contributed by atoms with E-state index in [1.54, 1.807) is 0 Å². The highest BCUT2D eigenvalue weighted by Gasteiger charge is 2.21. The van der Waals surface area contributed by atoms with E-state index in [1.807, 2.05) is 0 Å². The van der Waals surface area contributed by atoms with Crippen LogP contribution in [0.15, 0.2) is 24.3 Å². The standard InChI is InChI=1S/C13H21N3/c1-13(2,14)11-5-3-4-6-12(11)16-9-7-15-8-10-16/h3-6,15H,7-10,14H2,1-2H3. The molecule has 1 heterocycles. The Bertz CT molecular complexity index is 348. The molecule has 1 aromatic carbocycles. The molecule has 1 aliphatic rings. The fourth-order valence-corrected chi connectivity index (χ4v) is 2.20. The van der Waals surface area contributed by atoms with Gasteiger partial charge in [0, 0.05) is 37.4 Å². The molecule has 0 atom stereocenters. The Morgan fingerprint density at radius 3 is 2.44 bits per heavy atom. The van der Waals surface area contributed by atoms with E-state index in [4.69, 9.17) is 5.73 Å². The first-order valence-corrected chi connectivity index (χ1v) is 5.93. The summed E-state index contributed by atoms with van der Waals surface area (Å²) in [6, 6.07) is 8.47. The Morgan fingerprint density at radius 2 is 1.81 bits per heavy atom. The average molecular weight is 219 g/mol. The third kappa shape index (κ3) is 2.36. The molecular weight excluding hydrogens is 198 g/mol. The highest BCUT2D eigenvalue weighted by atomic mass is 15.2. The first-order valence-electron chi connectivity index (χ1n) is 5.93. The van der Waals surface area contributed by atoms with Crippen molar-refractivity contribution in [3.8, 4) is 0 Å². The lowest BCUT2D eigenvalue weighted by atomic mass is 9.93. The maximum atomic E-state index is 6.22. The summed E-state index contributed by atoms with van der Waals surface area (Å²) in [7, 11) is 0. The molecule has 0 unspecified atom stereocenters. The molecular formula is C13H21N3. The van der Waals surface area contributed by atoms with Gasteiger partial charge in [-0.1, -0.05) is 18.2 Å². The smallest absolute Gasteiger partial charge is 0.0418 e. The number of hydrogen-bond acceptors (Lipinski definition) is 3. The molecule has 3 N–H and O–H groups in total. The number of nitrogens with two attached hydrogens (primary N) is 1. The zero-order valence-corrected chi connectivity index (χ0v) is 10.2. The van der Waals surface area contributed by atoms with Crippen LogP contribution in [-0.2, 0) is 5.54 Å². The van der Waals surface area contributed by atoms with Gasteiger partial charge in [-0.25, -0.2) is 0 Å². The van der Waals surface area contributed by atoms with Gasteiger partial charge in [0.2, 0.25) is 0 Å². The van der Waals surface area contributed by atoms with E-state index in [0.717, 1.165) is 26.2 Å². The van der Waals surface area contributed by atoms with Gasteiger partial charge >= 0.3 is 0 Å². The number of para-hydroxylation sites is 1. The largest absolute Gasteiger partial charge is 0.369 e. The molecule has 0 aromatic heterocycles. The van der Waals surface area contributed by atoms with Gasteiger partial charge in [0.15, 0.2) is 0 Å². The molecule has 0 saturated carbocycles. The maximum absolute atomic E-state index is 6.22. The summed E-state index contributed by atoms with van der Waals surface area (Å²) in [5.74, 6) is 0. The van der Waals surface area contributed by atoms with Crippen LogP contribution in [0.5, 0.6) is 0 Å². The summed E-state index contributed by atoms with van der Waals surface area (Å²) in [6.07, 6.45) is 0. The Balaban J connectivity index is 2.32. The molecule has 88 valence electrons. The van der Waals surface area contributed by atoms with Gasteiger partial charge in [0.1, 0.15) is 0 Å². The minimum absolute atomic E-state index is 0.276. The van der Waals surface area contributed by atoms with Gasteiger partial charge < -0.3 is 16.0 Å². The van der Waals surface area contributed by atoms with Crippen molar-refractivity contribution in [2.24, 2.45) is 5.73 Å². The molecule has 1 fully saturated rings. The van der Waals surface area contributed by atoms with E-state index in [0.29, 0.717) is 0 Å². The van der Waals surface area contributed by atoms with E-state index in [2.05, 4.69) is 48.3 Å². The Kier molecular flexibility index (Phi) is 3.17. The number of nitrogens with zero attached hydrogens (tertiary/aromatic N) is 1. The Morgan fingerprint density at radius 1 is 1.19 bits per heavy atom. The van der Waals surface area contributed by atoms with Gasteiger partial charge in [0.25, 0.3) is 0 Å². The van der Waals surface area contributed by atoms with Crippen LogP contribution >= 0.6 is 0 Å². The van der Waals surface area contributed by atoms with Crippen molar-refractivity contribution < 1.29 is 0 Å². The van der Waals surface area contributed by atoms with E-state index < -0.39 is 0 Å². The van der Waals surface area contributed by atoms with Gasteiger partial charge in [-0.15, -0.1) is 0 Å². The zero-order chi connectivity index (χ0) is 11.6. The third-order valence-electron chi connectivity index (χ3n) is 3.06. The molecule has 2 rings (SSSR count). The average Bonchev–Trinajstić information content (AvgIpc) is 2.29. The maximum Gasteiger partial charge on any atom is 0.0418 e. The lowest BCUT2D eigenvalue weighted by molar-refractivity contribution is 0.541. The molecule has 1 aliphatic heterocycles. The monoisotopic (exact) mass is 219 g/mol. The predicted octanol–water partition coefficient (Wildman–Crippen LogP) is 1.29. The van der Waals surface area contributed by atoms with E-state index >= 15 is 0 Å². The molecule has 16 heavy (non-hydrogen) atoms. The lowest BCUT2D eigenvalue weighted by Crippen LogP contribution is -2.45. The molecule has 3 heteroatoms. The fourth-order valence-electron chi connectivity index (χ4n) is 2.20. The van der Waals surface area contributed by atoms with Crippen LogP contribution in [0.4, 0.5) is 5.69 Å². The normalized spacial score (nSPS) is 17.6. The molecule has 0 radical (unpaired) electrons. The predicted molar refractivity (Wildman–Crippen MR) is 68.7 cm³/mol. The van der Waals surface area contributed by atoms with Gasteiger partial charge in [0.05, 0.1) is 0 Å². The van der Waals surface area contributed by atoms with Crippen molar-refractivity contribution >= 4 is 5.69 Å². The van der Waals surface area contributed by atoms with E-state index in [1.165, 1.54) is 11.3 Å². The van der Waals surface area contributed by atoms with E-state index in [9.17, 15) is 0 Å². The highest BCUT2D eigenvalue weighted by Crippen LogP contribution is 2.28. The second-order valence-electron chi connectivity index (χ2n) is 4.98. The SMILES string of the molecule is CC(C)(N)c1ccccc1N1CCNCC1. The van der Waals surface area contributed by atoms with Gasteiger partial charge in [-0.05, 0) is 25.5 Å². The number of nitrogens with one attached hydrogen (secondary N) is 1. The first kappa shape index (κ1) is 11.4. The topological polar surface area (TPSA) is 41.3 Å². The summed E-state index contributed by atoms with van der Waals surface area (Å²) in [4.78, 5) is 2.42. The van der Waals surface area contributed by atoms with Gasteiger partial charge in [-0.3, -0.25) is 0 Å². The van der Waals surface area contributed by atoms with Crippen molar-refractivity contribution in [2.75, 3.05) is 31.1 Å². The van der Waals surface area contributed by atoms with Crippen molar-refractivity contribution in [2.45, 2.75) is 19.4 Å². The van der Waals surface area contributed by atoms with Crippen LogP contribution < -0.4 is 16.0 Å². The second kappa shape index (κ2) is 4.44. The van der Waals surface area contributed by atoms with Crippen LogP contribution in [0.3, 0.4) is 0 Å². The summed E-state index contributed by atoms with van der Waals surface area (Å²) < 4.78 is 0. The highest BCUT2D eigenvalue weighted by molar-refractivity contribution is 5.56. The Labute approximate surface area is 97.6 Å².